The summed E-state index contributed by atoms with van der Waals surface area (Å²) in [4.78, 5) is 3.98. The number of H-pyrrole nitrogens is 1. The number of nitrogens with zero attached hydrogens (tertiary/aromatic N) is 4. The zero-order chi connectivity index (χ0) is 14.5. The lowest BCUT2D eigenvalue weighted by Gasteiger charge is -1.98. The van der Waals surface area contributed by atoms with Crippen molar-refractivity contribution >= 4 is 24.5 Å². The Morgan fingerprint density at radius 2 is 2.14 bits per heavy atom. The second kappa shape index (κ2) is 6.10. The number of aromatic amines is 1. The largest absolute Gasteiger partial charge is 0.465 e. The van der Waals surface area contributed by atoms with Gasteiger partial charge < -0.3 is 4.42 Å². The summed E-state index contributed by atoms with van der Waals surface area (Å²) >= 11 is 5.18. The van der Waals surface area contributed by atoms with Gasteiger partial charge in [-0.1, -0.05) is 0 Å². The van der Waals surface area contributed by atoms with E-state index in [2.05, 4.69) is 20.3 Å². The number of aromatic nitrogens is 4. The van der Waals surface area contributed by atoms with Crippen LogP contribution in [0.3, 0.4) is 0 Å². The SMILES string of the molecule is S=c1[nH]nc(-c2ccncc2)n1/N=C\C=C\c1ccco1. The molecule has 0 bridgehead atoms. The zero-order valence-electron chi connectivity index (χ0n) is 10.9. The molecule has 0 saturated heterocycles. The number of allylic oxidation sites excluding steroid dienone is 1. The van der Waals surface area contributed by atoms with E-state index in [1.807, 2.05) is 24.3 Å². The summed E-state index contributed by atoms with van der Waals surface area (Å²) in [6, 6.07) is 7.37. The van der Waals surface area contributed by atoms with E-state index in [-0.39, 0.29) is 0 Å². The van der Waals surface area contributed by atoms with Crippen LogP contribution in [-0.4, -0.2) is 26.1 Å². The van der Waals surface area contributed by atoms with Crippen molar-refractivity contribution in [2.45, 2.75) is 0 Å². The zero-order valence-corrected chi connectivity index (χ0v) is 11.7. The second-order valence-electron chi connectivity index (χ2n) is 4.04. The highest BCUT2D eigenvalue weighted by molar-refractivity contribution is 7.71. The first kappa shape index (κ1) is 13.2. The molecule has 0 aliphatic rings. The normalized spacial score (nSPS) is 11.6. The van der Waals surface area contributed by atoms with Gasteiger partial charge in [-0.05, 0) is 48.6 Å². The molecule has 0 spiro atoms. The Kier molecular flexibility index (Phi) is 3.83. The monoisotopic (exact) mass is 297 g/mol. The standard InChI is InChI=1S/C14H11N5OS/c21-14-18-17-13(11-5-8-15-9-6-11)19(14)16-7-1-3-12-4-2-10-20-12/h1-10H,(H,18,21)/b3-1+,16-7-. The third-order valence-corrected chi connectivity index (χ3v) is 2.93. The number of furan rings is 1. The van der Waals surface area contributed by atoms with Gasteiger partial charge >= 0.3 is 0 Å². The smallest absolute Gasteiger partial charge is 0.216 e. The van der Waals surface area contributed by atoms with Gasteiger partial charge in [0.1, 0.15) is 5.76 Å². The van der Waals surface area contributed by atoms with E-state index in [0.717, 1.165) is 11.3 Å². The van der Waals surface area contributed by atoms with Crippen molar-refractivity contribution in [3.8, 4) is 11.4 Å². The lowest BCUT2D eigenvalue weighted by atomic mass is 10.2. The van der Waals surface area contributed by atoms with Crippen molar-refractivity contribution in [1.29, 1.82) is 0 Å². The first-order valence-electron chi connectivity index (χ1n) is 6.17. The average Bonchev–Trinajstić information content (AvgIpc) is 3.15. The van der Waals surface area contributed by atoms with E-state index in [1.165, 1.54) is 0 Å². The van der Waals surface area contributed by atoms with E-state index >= 15 is 0 Å². The Morgan fingerprint density at radius 1 is 1.29 bits per heavy atom. The molecule has 3 aromatic rings. The van der Waals surface area contributed by atoms with Crippen LogP contribution in [0.2, 0.25) is 0 Å². The first-order valence-corrected chi connectivity index (χ1v) is 6.58. The van der Waals surface area contributed by atoms with Gasteiger partial charge in [0.05, 0.1) is 6.26 Å². The van der Waals surface area contributed by atoms with Crippen LogP contribution in [0.1, 0.15) is 5.76 Å². The van der Waals surface area contributed by atoms with Crippen LogP contribution in [0.5, 0.6) is 0 Å². The van der Waals surface area contributed by atoms with E-state index in [9.17, 15) is 0 Å². The Balaban J connectivity index is 1.86. The molecule has 1 N–H and O–H groups in total. The minimum atomic E-state index is 0.421. The fraction of sp³-hybridized carbons (Fsp3) is 0. The maximum absolute atomic E-state index is 5.19. The molecule has 21 heavy (non-hydrogen) atoms. The molecule has 0 aliphatic heterocycles. The molecule has 0 aromatic carbocycles. The molecule has 0 amide bonds. The van der Waals surface area contributed by atoms with Crippen molar-refractivity contribution in [3.05, 3.63) is 59.5 Å². The third-order valence-electron chi connectivity index (χ3n) is 2.66. The van der Waals surface area contributed by atoms with Gasteiger partial charge in [-0.3, -0.25) is 4.98 Å². The van der Waals surface area contributed by atoms with Crippen LogP contribution in [0, 0.1) is 4.77 Å². The maximum Gasteiger partial charge on any atom is 0.216 e. The number of hydrogen-bond acceptors (Lipinski definition) is 5. The number of nitrogens with one attached hydrogen (secondary N) is 1. The van der Waals surface area contributed by atoms with Crippen molar-refractivity contribution in [1.82, 2.24) is 19.9 Å². The average molecular weight is 297 g/mol. The van der Waals surface area contributed by atoms with Crippen LogP contribution in [0.4, 0.5) is 0 Å². The van der Waals surface area contributed by atoms with Crippen LogP contribution < -0.4 is 0 Å². The summed E-state index contributed by atoms with van der Waals surface area (Å²) in [7, 11) is 0. The van der Waals surface area contributed by atoms with E-state index in [0.29, 0.717) is 10.6 Å². The lowest BCUT2D eigenvalue weighted by molar-refractivity contribution is 0.557. The van der Waals surface area contributed by atoms with Crippen LogP contribution in [0.25, 0.3) is 17.5 Å². The number of hydrogen-bond donors (Lipinski definition) is 1. The minimum absolute atomic E-state index is 0.421. The van der Waals surface area contributed by atoms with Crippen molar-refractivity contribution in [2.75, 3.05) is 0 Å². The quantitative estimate of drug-likeness (QED) is 0.593. The Morgan fingerprint density at radius 3 is 2.90 bits per heavy atom. The highest BCUT2D eigenvalue weighted by atomic mass is 32.1. The predicted octanol–water partition coefficient (Wildman–Crippen LogP) is 3.14. The maximum atomic E-state index is 5.19. The lowest BCUT2D eigenvalue weighted by Crippen LogP contribution is -1.93. The Bertz CT molecular complexity index is 815. The molecule has 0 radical (unpaired) electrons. The van der Waals surface area contributed by atoms with Gasteiger partial charge in [0.2, 0.25) is 4.77 Å². The van der Waals surface area contributed by atoms with Gasteiger partial charge in [-0.15, -0.1) is 0 Å². The summed E-state index contributed by atoms with van der Waals surface area (Å²) in [5.41, 5.74) is 0.879. The third kappa shape index (κ3) is 3.03. The van der Waals surface area contributed by atoms with Crippen molar-refractivity contribution in [2.24, 2.45) is 5.10 Å². The minimum Gasteiger partial charge on any atom is -0.465 e. The number of rotatable bonds is 4. The van der Waals surface area contributed by atoms with Gasteiger partial charge in [0.15, 0.2) is 5.82 Å². The van der Waals surface area contributed by atoms with Gasteiger partial charge in [0, 0.05) is 24.2 Å². The Labute approximate surface area is 125 Å². The molecule has 0 unspecified atom stereocenters. The highest BCUT2D eigenvalue weighted by Crippen LogP contribution is 2.15. The molecule has 0 fully saturated rings. The molecule has 104 valence electrons. The first-order chi connectivity index (χ1) is 10.3. The van der Waals surface area contributed by atoms with E-state index in [1.54, 1.807) is 41.7 Å². The molecule has 0 aliphatic carbocycles. The Hall–Kier alpha value is -2.80. The molecule has 7 heteroatoms. The topological polar surface area (TPSA) is 72.0 Å². The van der Waals surface area contributed by atoms with Gasteiger partial charge in [0.25, 0.3) is 0 Å². The number of pyridine rings is 1. The molecule has 3 aromatic heterocycles. The summed E-state index contributed by atoms with van der Waals surface area (Å²) in [6.45, 7) is 0. The molecule has 6 nitrogen and oxygen atoms in total. The summed E-state index contributed by atoms with van der Waals surface area (Å²) in [5.74, 6) is 1.39. The fourth-order valence-electron chi connectivity index (χ4n) is 1.72. The van der Waals surface area contributed by atoms with Crippen LogP contribution >= 0.6 is 12.2 Å². The van der Waals surface area contributed by atoms with Crippen LogP contribution in [0.15, 0.2) is 58.5 Å². The molecule has 0 atom stereocenters. The molecule has 0 saturated carbocycles. The highest BCUT2D eigenvalue weighted by Gasteiger charge is 2.06. The second-order valence-corrected chi connectivity index (χ2v) is 4.43. The fourth-order valence-corrected chi connectivity index (χ4v) is 1.90. The molecular formula is C14H11N5OS. The molecule has 3 heterocycles. The summed E-state index contributed by atoms with van der Waals surface area (Å²) < 4.78 is 7.16. The summed E-state index contributed by atoms with van der Waals surface area (Å²) in [6.07, 6.45) is 10.2. The van der Waals surface area contributed by atoms with E-state index in [4.69, 9.17) is 16.6 Å². The van der Waals surface area contributed by atoms with Crippen molar-refractivity contribution in [3.63, 3.8) is 0 Å². The van der Waals surface area contributed by atoms with E-state index < -0.39 is 0 Å². The van der Waals surface area contributed by atoms with Gasteiger partial charge in [-0.2, -0.15) is 14.9 Å². The molecular weight excluding hydrogens is 286 g/mol. The predicted molar refractivity (Wildman–Crippen MR) is 82.3 cm³/mol. The van der Waals surface area contributed by atoms with Gasteiger partial charge in [-0.25, -0.2) is 5.10 Å². The summed E-state index contributed by atoms with van der Waals surface area (Å²) in [5, 5.41) is 11.2. The van der Waals surface area contributed by atoms with Crippen LogP contribution in [-0.2, 0) is 0 Å². The van der Waals surface area contributed by atoms with Crippen molar-refractivity contribution < 1.29 is 4.42 Å². The molecule has 3 rings (SSSR count).